The van der Waals surface area contributed by atoms with Crippen LogP contribution in [0.5, 0.6) is 0 Å². The first kappa shape index (κ1) is 13.6. The molecule has 19 heavy (non-hydrogen) atoms. The Morgan fingerprint density at radius 2 is 1.53 bits per heavy atom. The van der Waals surface area contributed by atoms with Gasteiger partial charge in [-0.3, -0.25) is 0 Å². The van der Waals surface area contributed by atoms with Crippen molar-refractivity contribution in [2.75, 3.05) is 5.32 Å². The normalized spacial score (nSPS) is 11.1. The molecule has 0 aliphatic heterocycles. The summed E-state index contributed by atoms with van der Waals surface area (Å²) >= 11 is -4.86. The van der Waals surface area contributed by atoms with Crippen LogP contribution < -0.4 is 9.67 Å². The molecular formula is C13H12AsNO4. The molecule has 0 heterocycles. The van der Waals surface area contributed by atoms with Gasteiger partial charge in [-0.25, -0.2) is 0 Å². The number of hydrogen-bond acceptors (Lipinski definition) is 2. The van der Waals surface area contributed by atoms with E-state index in [-0.39, 0.29) is 10.3 Å². The Hall–Kier alpha value is -1.81. The number of benzene rings is 2. The van der Waals surface area contributed by atoms with Gasteiger partial charge in [0, 0.05) is 0 Å². The van der Waals surface area contributed by atoms with Crippen LogP contribution in [-0.2, 0) is 3.74 Å². The van der Waals surface area contributed by atoms with Crippen molar-refractivity contribution in [3.63, 3.8) is 0 Å². The Morgan fingerprint density at radius 1 is 0.947 bits per heavy atom. The molecule has 98 valence electrons. The first-order chi connectivity index (χ1) is 8.97. The first-order valence-corrected chi connectivity index (χ1v) is 8.88. The summed E-state index contributed by atoms with van der Waals surface area (Å²) in [7, 11) is 0. The van der Waals surface area contributed by atoms with Crippen LogP contribution in [0.25, 0.3) is 0 Å². The number of amides is 1. The second-order valence-electron chi connectivity index (χ2n) is 3.91. The zero-order valence-corrected chi connectivity index (χ0v) is 11.7. The van der Waals surface area contributed by atoms with Gasteiger partial charge in [-0.1, -0.05) is 0 Å². The molecule has 0 saturated carbocycles. The summed E-state index contributed by atoms with van der Waals surface area (Å²) in [6.07, 6.45) is 0. The molecule has 0 fully saturated rings. The third-order valence-electron chi connectivity index (χ3n) is 2.50. The van der Waals surface area contributed by atoms with Gasteiger partial charge >= 0.3 is 112 Å². The van der Waals surface area contributed by atoms with Crippen molar-refractivity contribution in [1.29, 1.82) is 0 Å². The van der Waals surface area contributed by atoms with Crippen LogP contribution in [0.4, 0.5) is 5.69 Å². The molecule has 2 rings (SSSR count). The molecule has 0 unspecified atom stereocenters. The van der Waals surface area contributed by atoms with Crippen molar-refractivity contribution in [2.45, 2.75) is 0 Å². The summed E-state index contributed by atoms with van der Waals surface area (Å²) in [6.45, 7) is 0. The van der Waals surface area contributed by atoms with Crippen LogP contribution in [0.3, 0.4) is 0 Å². The van der Waals surface area contributed by atoms with Gasteiger partial charge in [-0.05, 0) is 0 Å². The molecule has 5 nitrogen and oxygen atoms in total. The van der Waals surface area contributed by atoms with Crippen LogP contribution in [0.1, 0.15) is 10.4 Å². The minimum atomic E-state index is -4.86. The fourth-order valence-corrected chi connectivity index (χ4v) is 2.66. The van der Waals surface area contributed by atoms with Crippen molar-refractivity contribution >= 4 is 30.1 Å². The quantitative estimate of drug-likeness (QED) is 0.719. The average molecular weight is 321 g/mol. The van der Waals surface area contributed by atoms with Crippen molar-refractivity contribution in [3.8, 4) is 0 Å². The predicted octanol–water partition coefficient (Wildman–Crippen LogP) is 0.500. The fraction of sp³-hybridized carbons (Fsp3) is 0. The van der Waals surface area contributed by atoms with Crippen molar-refractivity contribution < 1.29 is 16.7 Å². The summed E-state index contributed by atoms with van der Waals surface area (Å²) in [5, 5.41) is 2.65. The molecule has 0 aliphatic carbocycles. The van der Waals surface area contributed by atoms with Gasteiger partial charge in [0.15, 0.2) is 0 Å². The second kappa shape index (κ2) is 5.45. The second-order valence-corrected chi connectivity index (χ2v) is 7.28. The number of anilines is 1. The Morgan fingerprint density at radius 3 is 2.05 bits per heavy atom. The molecular weight excluding hydrogens is 309 g/mol. The van der Waals surface area contributed by atoms with E-state index in [1.54, 1.807) is 24.3 Å². The number of nitrogens with one attached hydrogen (secondary N) is 1. The summed E-state index contributed by atoms with van der Waals surface area (Å²) in [5.41, 5.74) is 1.01. The molecule has 0 saturated heterocycles. The third kappa shape index (κ3) is 3.58. The zero-order chi connectivity index (χ0) is 13.9. The first-order valence-electron chi connectivity index (χ1n) is 5.49. The van der Waals surface area contributed by atoms with Crippen molar-refractivity contribution in [2.24, 2.45) is 0 Å². The van der Waals surface area contributed by atoms with E-state index in [4.69, 9.17) is 8.19 Å². The van der Waals surface area contributed by atoms with Crippen LogP contribution in [0.15, 0.2) is 54.6 Å². The van der Waals surface area contributed by atoms with Gasteiger partial charge in [0.25, 0.3) is 0 Å². The number of carbonyl (C=O) groups excluding carboxylic acids is 1. The van der Waals surface area contributed by atoms with Crippen molar-refractivity contribution in [3.05, 3.63) is 60.2 Å². The average Bonchev–Trinajstić information content (AvgIpc) is 2.39. The number of hydrogen-bond donors (Lipinski definition) is 3. The van der Waals surface area contributed by atoms with Gasteiger partial charge in [0.1, 0.15) is 0 Å². The SMILES string of the molecule is O=C(Nc1ccc([As](=O)(O)O)cc1)c1ccccc1. The van der Waals surface area contributed by atoms with E-state index in [2.05, 4.69) is 5.32 Å². The summed E-state index contributed by atoms with van der Waals surface area (Å²) in [4.78, 5) is 11.8. The zero-order valence-electron chi connectivity index (χ0n) is 9.85. The minimum absolute atomic E-state index is 0.0177. The molecule has 0 aliphatic rings. The molecule has 0 aromatic heterocycles. The molecule has 2 aromatic rings. The van der Waals surface area contributed by atoms with Gasteiger partial charge in [0.2, 0.25) is 0 Å². The molecule has 1 amide bonds. The molecule has 6 heteroatoms. The van der Waals surface area contributed by atoms with Gasteiger partial charge < -0.3 is 0 Å². The molecule has 2 aromatic carbocycles. The maximum absolute atomic E-state index is 11.8. The monoisotopic (exact) mass is 321 g/mol. The Labute approximate surface area is 112 Å². The van der Waals surface area contributed by atoms with Crippen LogP contribution in [0, 0.1) is 0 Å². The molecule has 0 radical (unpaired) electrons. The molecule has 0 atom stereocenters. The topological polar surface area (TPSA) is 86.6 Å². The standard InChI is InChI=1S/C13H12AsNO4/c16-13(10-4-2-1-3-5-10)15-12-8-6-11(7-9-12)14(17,18)19/h1-9H,(H,15,16)(H2,17,18,19). The molecule has 0 bridgehead atoms. The van der Waals surface area contributed by atoms with E-state index in [0.717, 1.165) is 0 Å². The fourth-order valence-electron chi connectivity index (χ4n) is 1.53. The number of rotatable bonds is 3. The molecule has 0 spiro atoms. The number of carbonyl (C=O) groups is 1. The van der Waals surface area contributed by atoms with Crippen LogP contribution in [-0.4, -0.2) is 28.3 Å². The third-order valence-corrected chi connectivity index (χ3v) is 4.53. The van der Waals surface area contributed by atoms with Crippen molar-refractivity contribution in [1.82, 2.24) is 0 Å². The van der Waals surface area contributed by atoms with Crippen LogP contribution in [0.2, 0.25) is 0 Å². The Bertz CT molecular complexity index is 619. The van der Waals surface area contributed by atoms with Crippen LogP contribution >= 0.6 is 0 Å². The summed E-state index contributed by atoms with van der Waals surface area (Å²) in [5.74, 6) is -0.269. The summed E-state index contributed by atoms with van der Waals surface area (Å²) in [6, 6.07) is 14.3. The Kier molecular flexibility index (Phi) is 3.90. The van der Waals surface area contributed by atoms with E-state index in [9.17, 15) is 8.53 Å². The molecule has 3 N–H and O–H groups in total. The maximum atomic E-state index is 11.8. The Balaban J connectivity index is 2.13. The van der Waals surface area contributed by atoms with Gasteiger partial charge in [0.05, 0.1) is 0 Å². The van der Waals surface area contributed by atoms with E-state index < -0.39 is 14.2 Å². The van der Waals surface area contributed by atoms with E-state index in [0.29, 0.717) is 11.3 Å². The van der Waals surface area contributed by atoms with E-state index in [1.807, 2.05) is 6.07 Å². The van der Waals surface area contributed by atoms with E-state index in [1.165, 1.54) is 24.3 Å². The summed E-state index contributed by atoms with van der Waals surface area (Å²) < 4.78 is 29.1. The van der Waals surface area contributed by atoms with E-state index >= 15 is 0 Å². The van der Waals surface area contributed by atoms with Gasteiger partial charge in [-0.2, -0.15) is 0 Å². The van der Waals surface area contributed by atoms with Gasteiger partial charge in [-0.15, -0.1) is 0 Å². The predicted molar refractivity (Wildman–Crippen MR) is 71.3 cm³/mol.